The lowest BCUT2D eigenvalue weighted by Crippen LogP contribution is -2.14. The van der Waals surface area contributed by atoms with Crippen LogP contribution in [-0.2, 0) is 15.5 Å². The molecule has 3 aromatic rings. The van der Waals surface area contributed by atoms with Gasteiger partial charge in [-0.25, -0.2) is 14.6 Å². The highest BCUT2D eigenvalue weighted by Gasteiger charge is 2.31. The lowest BCUT2D eigenvalue weighted by atomic mass is 10.2. The zero-order chi connectivity index (χ0) is 20.6. The average molecular weight is 401 g/mol. The van der Waals surface area contributed by atoms with E-state index in [1.165, 1.54) is 19.2 Å². The smallest absolute Gasteiger partial charge is 0.287 e. The molecule has 29 heavy (non-hydrogen) atoms. The molecular formula is C20H21F2N5O2. The summed E-state index contributed by atoms with van der Waals surface area (Å²) in [5.74, 6) is -2.29. The highest BCUT2D eigenvalue weighted by Crippen LogP contribution is 2.43. The number of aromatic nitrogens is 4. The second-order valence-electron chi connectivity index (χ2n) is 7.22. The molecule has 0 spiro atoms. The summed E-state index contributed by atoms with van der Waals surface area (Å²) in [5.41, 5.74) is 1.21. The SMILES string of the molecule is COCCC(=O)Nc1cc2c(cn1)c(C1CC1)nn2-c1cccc(C(C)(F)F)n1. The van der Waals surface area contributed by atoms with Crippen molar-refractivity contribution in [1.29, 1.82) is 0 Å². The van der Waals surface area contributed by atoms with Crippen molar-refractivity contribution in [3.05, 3.63) is 41.9 Å². The minimum Gasteiger partial charge on any atom is -0.384 e. The van der Waals surface area contributed by atoms with E-state index in [4.69, 9.17) is 4.74 Å². The van der Waals surface area contributed by atoms with Gasteiger partial charge in [0.15, 0.2) is 5.82 Å². The maximum Gasteiger partial charge on any atom is 0.287 e. The van der Waals surface area contributed by atoms with Gasteiger partial charge >= 0.3 is 0 Å². The normalized spacial score (nSPS) is 14.3. The van der Waals surface area contributed by atoms with Gasteiger partial charge in [-0.2, -0.15) is 13.9 Å². The van der Waals surface area contributed by atoms with Crippen molar-refractivity contribution in [2.24, 2.45) is 0 Å². The molecule has 1 amide bonds. The molecule has 0 aromatic carbocycles. The van der Waals surface area contributed by atoms with Crippen LogP contribution >= 0.6 is 0 Å². The number of carbonyl (C=O) groups excluding carboxylic acids is 1. The summed E-state index contributed by atoms with van der Waals surface area (Å²) in [7, 11) is 1.52. The van der Waals surface area contributed by atoms with Crippen LogP contribution in [0.3, 0.4) is 0 Å². The Morgan fingerprint density at radius 1 is 1.38 bits per heavy atom. The van der Waals surface area contributed by atoms with Gasteiger partial charge in [0.1, 0.15) is 11.5 Å². The molecule has 0 unspecified atom stereocenters. The van der Waals surface area contributed by atoms with E-state index in [2.05, 4.69) is 20.4 Å². The molecule has 7 nitrogen and oxygen atoms in total. The van der Waals surface area contributed by atoms with Crippen molar-refractivity contribution in [3.63, 3.8) is 0 Å². The van der Waals surface area contributed by atoms with Crippen LogP contribution in [0.1, 0.15) is 43.5 Å². The topological polar surface area (TPSA) is 81.9 Å². The maximum atomic E-state index is 13.8. The number of amides is 1. The van der Waals surface area contributed by atoms with Crippen LogP contribution in [-0.4, -0.2) is 39.4 Å². The second kappa shape index (κ2) is 7.47. The number of fused-ring (bicyclic) bond motifs is 1. The van der Waals surface area contributed by atoms with Crippen LogP contribution in [0.4, 0.5) is 14.6 Å². The van der Waals surface area contributed by atoms with Crippen LogP contribution in [0.5, 0.6) is 0 Å². The number of hydrogen-bond acceptors (Lipinski definition) is 5. The average Bonchev–Trinajstić information content (AvgIpc) is 3.46. The summed E-state index contributed by atoms with van der Waals surface area (Å²) in [6.07, 6.45) is 3.93. The molecule has 0 bridgehead atoms. The van der Waals surface area contributed by atoms with Gasteiger partial charge in [0, 0.05) is 37.6 Å². The van der Waals surface area contributed by atoms with Gasteiger partial charge in [0.05, 0.1) is 24.2 Å². The van der Waals surface area contributed by atoms with Gasteiger partial charge in [-0.05, 0) is 25.0 Å². The third-order valence-electron chi connectivity index (χ3n) is 4.76. The van der Waals surface area contributed by atoms with Crippen molar-refractivity contribution in [3.8, 4) is 5.82 Å². The first-order chi connectivity index (χ1) is 13.9. The van der Waals surface area contributed by atoms with E-state index in [-0.39, 0.29) is 18.0 Å². The van der Waals surface area contributed by atoms with Crippen LogP contribution in [0.25, 0.3) is 16.7 Å². The summed E-state index contributed by atoms with van der Waals surface area (Å²) in [4.78, 5) is 20.4. The Hall–Kier alpha value is -2.94. The summed E-state index contributed by atoms with van der Waals surface area (Å²) in [6.45, 7) is 1.12. The molecule has 1 fully saturated rings. The summed E-state index contributed by atoms with van der Waals surface area (Å²) in [5, 5.41) is 8.21. The molecule has 4 rings (SSSR count). The van der Waals surface area contributed by atoms with Crippen LogP contribution in [0.15, 0.2) is 30.5 Å². The van der Waals surface area contributed by atoms with E-state index in [0.29, 0.717) is 29.7 Å². The maximum absolute atomic E-state index is 13.8. The minimum atomic E-state index is -3.06. The van der Waals surface area contributed by atoms with E-state index in [1.807, 2.05) is 0 Å². The number of anilines is 1. The highest BCUT2D eigenvalue weighted by molar-refractivity contribution is 5.93. The molecule has 9 heteroatoms. The first-order valence-electron chi connectivity index (χ1n) is 9.40. The van der Waals surface area contributed by atoms with E-state index in [1.54, 1.807) is 23.0 Å². The number of nitrogens with one attached hydrogen (secondary N) is 1. The third kappa shape index (κ3) is 4.09. The van der Waals surface area contributed by atoms with Crippen molar-refractivity contribution in [2.75, 3.05) is 19.0 Å². The molecule has 0 atom stereocenters. The standard InChI is InChI=1S/C20H21F2N5O2/c1-20(21,22)15-4-3-5-17(24-15)27-14-10-16(25-18(28)8-9-29-2)23-11-13(14)19(26-27)12-6-7-12/h3-5,10-12H,6-9H2,1-2H3,(H,23,25,28). The van der Waals surface area contributed by atoms with Crippen molar-refractivity contribution in [2.45, 2.75) is 38.0 Å². The number of pyridine rings is 2. The fourth-order valence-corrected chi connectivity index (χ4v) is 3.12. The highest BCUT2D eigenvalue weighted by atomic mass is 19.3. The lowest BCUT2D eigenvalue weighted by molar-refractivity contribution is -0.117. The minimum absolute atomic E-state index is 0.206. The zero-order valence-corrected chi connectivity index (χ0v) is 16.2. The molecule has 152 valence electrons. The van der Waals surface area contributed by atoms with Crippen molar-refractivity contribution in [1.82, 2.24) is 19.7 Å². The number of ether oxygens (including phenoxy) is 1. The summed E-state index contributed by atoms with van der Waals surface area (Å²) < 4.78 is 34.0. The number of methoxy groups -OCH3 is 1. The molecule has 1 aliphatic rings. The predicted molar refractivity (Wildman–Crippen MR) is 103 cm³/mol. The largest absolute Gasteiger partial charge is 0.384 e. The fourth-order valence-electron chi connectivity index (χ4n) is 3.12. The molecule has 3 heterocycles. The molecule has 0 saturated heterocycles. The van der Waals surface area contributed by atoms with Gasteiger partial charge in [0.2, 0.25) is 5.91 Å². The number of carbonyl (C=O) groups is 1. The van der Waals surface area contributed by atoms with Gasteiger partial charge < -0.3 is 10.1 Å². The van der Waals surface area contributed by atoms with Crippen LogP contribution < -0.4 is 5.32 Å². The number of rotatable bonds is 7. The predicted octanol–water partition coefficient (Wildman–Crippen LogP) is 3.78. The summed E-state index contributed by atoms with van der Waals surface area (Å²) >= 11 is 0. The Kier molecular flexibility index (Phi) is 4.99. The van der Waals surface area contributed by atoms with E-state index < -0.39 is 5.92 Å². The Morgan fingerprint density at radius 2 is 2.17 bits per heavy atom. The number of alkyl halides is 2. The van der Waals surface area contributed by atoms with Crippen molar-refractivity contribution < 1.29 is 18.3 Å². The second-order valence-corrected chi connectivity index (χ2v) is 7.22. The van der Waals surface area contributed by atoms with Crippen molar-refractivity contribution >= 4 is 22.6 Å². The van der Waals surface area contributed by atoms with Gasteiger partial charge in [-0.15, -0.1) is 0 Å². The van der Waals surface area contributed by atoms with Gasteiger partial charge in [-0.1, -0.05) is 6.07 Å². The molecule has 3 aromatic heterocycles. The van der Waals surface area contributed by atoms with Crippen LogP contribution in [0, 0.1) is 0 Å². The zero-order valence-electron chi connectivity index (χ0n) is 16.2. The van der Waals surface area contributed by atoms with Gasteiger partial charge in [0.25, 0.3) is 5.92 Å². The molecule has 1 N–H and O–H groups in total. The van der Waals surface area contributed by atoms with E-state index in [0.717, 1.165) is 30.8 Å². The molecular weight excluding hydrogens is 380 g/mol. The summed E-state index contributed by atoms with van der Waals surface area (Å²) in [6, 6.07) is 6.15. The third-order valence-corrected chi connectivity index (χ3v) is 4.76. The fraction of sp³-hybridized carbons (Fsp3) is 0.400. The Labute approximate surface area is 166 Å². The Bertz CT molecular complexity index is 1060. The molecule has 0 aliphatic heterocycles. The first-order valence-corrected chi connectivity index (χ1v) is 9.40. The van der Waals surface area contributed by atoms with E-state index in [9.17, 15) is 13.6 Å². The number of nitrogens with zero attached hydrogens (tertiary/aromatic N) is 4. The van der Waals surface area contributed by atoms with E-state index >= 15 is 0 Å². The Morgan fingerprint density at radius 3 is 2.86 bits per heavy atom. The Balaban J connectivity index is 1.77. The van der Waals surface area contributed by atoms with Crippen LogP contribution in [0.2, 0.25) is 0 Å². The first kappa shape index (κ1) is 19.4. The quantitative estimate of drug-likeness (QED) is 0.652. The number of halogens is 2. The molecule has 1 aliphatic carbocycles. The lowest BCUT2D eigenvalue weighted by Gasteiger charge is -2.11. The monoisotopic (exact) mass is 401 g/mol. The van der Waals surface area contributed by atoms with Gasteiger partial charge in [-0.3, -0.25) is 4.79 Å². The molecule has 1 saturated carbocycles. The number of hydrogen-bond donors (Lipinski definition) is 1. The molecule has 0 radical (unpaired) electrons.